The van der Waals surface area contributed by atoms with Gasteiger partial charge in [0, 0.05) is 13.1 Å². The number of amides is 2. The van der Waals surface area contributed by atoms with Crippen LogP contribution in [0.1, 0.15) is 16.7 Å². The molecule has 0 saturated heterocycles. The number of benzene rings is 4. The molecule has 0 aliphatic carbocycles. The Bertz CT molecular complexity index is 1630. The number of anilines is 1. The summed E-state index contributed by atoms with van der Waals surface area (Å²) in [4.78, 5) is 28.6. The maximum absolute atomic E-state index is 13.9. The number of sulfonamides is 1. The summed E-state index contributed by atoms with van der Waals surface area (Å²) in [5.41, 5.74) is 3.26. The van der Waals surface area contributed by atoms with Crippen LogP contribution in [0, 0.1) is 6.92 Å². The summed E-state index contributed by atoms with van der Waals surface area (Å²) in [7, 11) is -4.02. The molecule has 1 atom stereocenters. The largest absolute Gasteiger partial charge is 0.477 e. The van der Waals surface area contributed by atoms with Gasteiger partial charge in [0.1, 0.15) is 5.75 Å². The van der Waals surface area contributed by atoms with Crippen LogP contribution in [0.5, 0.6) is 5.75 Å². The second-order valence-electron chi connectivity index (χ2n) is 10.2. The number of rotatable bonds is 10. The minimum atomic E-state index is -4.02. The van der Waals surface area contributed by atoms with Crippen molar-refractivity contribution in [3.8, 4) is 5.75 Å². The van der Waals surface area contributed by atoms with E-state index in [2.05, 4.69) is 5.32 Å². The van der Waals surface area contributed by atoms with Crippen molar-refractivity contribution in [1.82, 2.24) is 9.62 Å². The van der Waals surface area contributed by atoms with Gasteiger partial charge in [-0.15, -0.1) is 0 Å². The lowest BCUT2D eigenvalue weighted by Crippen LogP contribution is -2.53. The normalized spacial score (nSPS) is 14.6. The van der Waals surface area contributed by atoms with Gasteiger partial charge in [0.25, 0.3) is 5.91 Å². The van der Waals surface area contributed by atoms with Crippen LogP contribution in [0.4, 0.5) is 5.69 Å². The van der Waals surface area contributed by atoms with Crippen molar-refractivity contribution in [3.05, 3.63) is 126 Å². The first kappa shape index (κ1) is 29.0. The fourth-order valence-electron chi connectivity index (χ4n) is 4.80. The molecule has 4 aromatic rings. The van der Waals surface area contributed by atoms with E-state index >= 15 is 0 Å². The molecule has 1 N–H and O–H groups in total. The predicted octanol–water partition coefficient (Wildman–Crippen LogP) is 4.34. The molecule has 9 heteroatoms. The van der Waals surface area contributed by atoms with E-state index in [0.29, 0.717) is 24.4 Å². The van der Waals surface area contributed by atoms with Gasteiger partial charge in [-0.05, 0) is 48.7 Å². The van der Waals surface area contributed by atoms with Crippen molar-refractivity contribution < 1.29 is 22.7 Å². The molecular formula is C33H33N3O5S. The molecular weight excluding hydrogens is 550 g/mol. The summed E-state index contributed by atoms with van der Waals surface area (Å²) in [5, 5.41) is 2.91. The molecule has 1 heterocycles. The lowest BCUT2D eigenvalue weighted by atomic mass is 10.1. The van der Waals surface area contributed by atoms with Gasteiger partial charge in [-0.1, -0.05) is 90.5 Å². The summed E-state index contributed by atoms with van der Waals surface area (Å²) in [6, 6.07) is 32.5. The molecule has 0 aromatic heterocycles. The molecule has 8 nitrogen and oxygen atoms in total. The Kier molecular flexibility index (Phi) is 9.00. The van der Waals surface area contributed by atoms with Crippen molar-refractivity contribution >= 4 is 27.5 Å². The molecule has 0 bridgehead atoms. The van der Waals surface area contributed by atoms with Gasteiger partial charge in [0.05, 0.1) is 23.7 Å². The monoisotopic (exact) mass is 583 g/mol. The number of aryl methyl sites for hydroxylation is 1. The van der Waals surface area contributed by atoms with Crippen LogP contribution < -0.4 is 15.0 Å². The van der Waals surface area contributed by atoms with Crippen LogP contribution in [0.25, 0.3) is 0 Å². The highest BCUT2D eigenvalue weighted by atomic mass is 32.2. The third-order valence-corrected chi connectivity index (χ3v) is 8.90. The van der Waals surface area contributed by atoms with Crippen LogP contribution in [0.2, 0.25) is 0 Å². The van der Waals surface area contributed by atoms with Crippen LogP contribution in [0.15, 0.2) is 114 Å². The van der Waals surface area contributed by atoms with Gasteiger partial charge in [-0.25, -0.2) is 8.42 Å². The van der Waals surface area contributed by atoms with Crippen LogP contribution >= 0.6 is 0 Å². The first-order chi connectivity index (χ1) is 20.3. The highest BCUT2D eigenvalue weighted by Gasteiger charge is 2.36. The number of carbonyl (C=O) groups is 2. The average molecular weight is 584 g/mol. The van der Waals surface area contributed by atoms with Gasteiger partial charge in [0.2, 0.25) is 15.9 Å². The number of para-hydroxylation sites is 2. The second-order valence-corrected chi connectivity index (χ2v) is 12.1. The van der Waals surface area contributed by atoms with Crippen molar-refractivity contribution in [2.75, 3.05) is 24.5 Å². The number of nitrogens with zero attached hydrogens (tertiary/aromatic N) is 2. The van der Waals surface area contributed by atoms with E-state index < -0.39 is 28.6 Å². The van der Waals surface area contributed by atoms with Gasteiger partial charge in [-0.3, -0.25) is 9.59 Å². The van der Waals surface area contributed by atoms with Gasteiger partial charge < -0.3 is 15.0 Å². The molecule has 1 unspecified atom stereocenters. The Morgan fingerprint density at radius 1 is 0.857 bits per heavy atom. The Morgan fingerprint density at radius 3 is 2.17 bits per heavy atom. The lowest BCUT2D eigenvalue weighted by Gasteiger charge is -2.35. The lowest BCUT2D eigenvalue weighted by molar-refractivity contribution is -0.128. The second kappa shape index (κ2) is 13.0. The molecule has 1 aliphatic rings. The van der Waals surface area contributed by atoms with Gasteiger partial charge in [-0.2, -0.15) is 4.31 Å². The minimum absolute atomic E-state index is 0.0121. The molecule has 5 rings (SSSR count). The fourth-order valence-corrected chi connectivity index (χ4v) is 6.18. The first-order valence-electron chi connectivity index (χ1n) is 13.8. The molecule has 2 amide bonds. The SMILES string of the molecule is Cc1ccc(S(=O)(=O)N(CC(=O)N2CC(C(=O)NCCc3ccccc3)Oc3ccccc32)Cc2ccccc2)cc1. The maximum Gasteiger partial charge on any atom is 0.262 e. The molecule has 4 aromatic carbocycles. The number of ether oxygens (including phenoxy) is 1. The van der Waals surface area contributed by atoms with E-state index in [1.807, 2.05) is 67.6 Å². The van der Waals surface area contributed by atoms with Crippen LogP contribution in [0.3, 0.4) is 0 Å². The Labute approximate surface area is 246 Å². The molecule has 0 radical (unpaired) electrons. The first-order valence-corrected chi connectivity index (χ1v) is 15.2. The van der Waals surface area contributed by atoms with Gasteiger partial charge >= 0.3 is 0 Å². The quantitative estimate of drug-likeness (QED) is 0.300. The zero-order valence-corrected chi connectivity index (χ0v) is 24.2. The highest BCUT2D eigenvalue weighted by molar-refractivity contribution is 7.89. The van der Waals surface area contributed by atoms with Crippen molar-refractivity contribution in [3.63, 3.8) is 0 Å². The Morgan fingerprint density at radius 2 is 1.48 bits per heavy atom. The van der Waals surface area contributed by atoms with E-state index in [0.717, 1.165) is 16.7 Å². The van der Waals surface area contributed by atoms with E-state index in [9.17, 15) is 18.0 Å². The standard InChI is InChI=1S/C33H33N3O5S/c1-25-16-18-28(19-17-25)42(39,40)35(22-27-12-6-3-7-13-27)24-32(37)36-23-31(41-30-15-9-8-14-29(30)36)33(38)34-21-20-26-10-4-2-5-11-26/h2-19,31H,20-24H2,1H3,(H,34,38). The smallest absolute Gasteiger partial charge is 0.262 e. The fraction of sp³-hybridized carbons (Fsp3) is 0.212. The van der Waals surface area contributed by atoms with Crippen molar-refractivity contribution in [1.29, 1.82) is 0 Å². The molecule has 216 valence electrons. The van der Waals surface area contributed by atoms with E-state index in [4.69, 9.17) is 4.74 Å². The van der Waals surface area contributed by atoms with E-state index in [1.54, 1.807) is 48.5 Å². The number of carbonyl (C=O) groups excluding carboxylic acids is 2. The van der Waals surface area contributed by atoms with Gasteiger partial charge in [0.15, 0.2) is 6.10 Å². The van der Waals surface area contributed by atoms with E-state index in [1.165, 1.54) is 9.21 Å². The molecule has 42 heavy (non-hydrogen) atoms. The zero-order valence-electron chi connectivity index (χ0n) is 23.3. The topological polar surface area (TPSA) is 96.0 Å². The van der Waals surface area contributed by atoms with Crippen molar-refractivity contribution in [2.45, 2.75) is 30.9 Å². The summed E-state index contributed by atoms with van der Waals surface area (Å²) < 4.78 is 34.7. The van der Waals surface area contributed by atoms with Crippen LogP contribution in [-0.2, 0) is 32.6 Å². The van der Waals surface area contributed by atoms with Crippen LogP contribution in [-0.4, -0.2) is 50.3 Å². The third kappa shape index (κ3) is 6.87. The number of hydrogen-bond donors (Lipinski definition) is 1. The Balaban J connectivity index is 1.36. The molecule has 1 aliphatic heterocycles. The summed E-state index contributed by atoms with van der Waals surface area (Å²) >= 11 is 0. The molecule has 0 fully saturated rings. The average Bonchev–Trinajstić information content (AvgIpc) is 3.01. The predicted molar refractivity (Wildman–Crippen MR) is 162 cm³/mol. The third-order valence-electron chi connectivity index (χ3n) is 7.10. The highest BCUT2D eigenvalue weighted by Crippen LogP contribution is 2.33. The zero-order chi connectivity index (χ0) is 29.5. The number of fused-ring (bicyclic) bond motifs is 1. The summed E-state index contributed by atoms with van der Waals surface area (Å²) in [6.45, 7) is 1.85. The molecule has 0 spiro atoms. The minimum Gasteiger partial charge on any atom is -0.477 e. The number of hydrogen-bond acceptors (Lipinski definition) is 5. The summed E-state index contributed by atoms with van der Waals surface area (Å²) in [6.07, 6.45) is -0.292. The maximum atomic E-state index is 13.9. The number of nitrogens with one attached hydrogen (secondary N) is 1. The molecule has 0 saturated carbocycles. The van der Waals surface area contributed by atoms with E-state index in [-0.39, 0.29) is 23.9 Å². The van der Waals surface area contributed by atoms with Crippen molar-refractivity contribution in [2.24, 2.45) is 0 Å². The Hall–Kier alpha value is -4.47. The summed E-state index contributed by atoms with van der Waals surface area (Å²) in [5.74, 6) is -0.414.